The topological polar surface area (TPSA) is 39.3 Å². The third-order valence-corrected chi connectivity index (χ3v) is 5.20. The van der Waals surface area contributed by atoms with Crippen LogP contribution in [0, 0.1) is 5.92 Å². The van der Waals surface area contributed by atoms with Gasteiger partial charge in [0.2, 0.25) is 0 Å². The van der Waals surface area contributed by atoms with Crippen molar-refractivity contribution in [1.29, 1.82) is 0 Å². The molecule has 2 aliphatic heterocycles. The number of rotatable bonds is 1. The maximum atomic E-state index is 9.60. The SMILES string of the molecule is CN1[C@H]2CC[C@H](CO)[C@@H]1Cc1c2[nH]c2ccccc12. The van der Waals surface area contributed by atoms with E-state index in [2.05, 4.69) is 41.2 Å². The van der Waals surface area contributed by atoms with Gasteiger partial charge in [-0.1, -0.05) is 18.2 Å². The molecule has 3 nitrogen and oxygen atoms in total. The third-order valence-electron chi connectivity index (χ3n) is 5.20. The van der Waals surface area contributed by atoms with E-state index in [0.717, 1.165) is 19.3 Å². The largest absolute Gasteiger partial charge is 0.396 e. The number of H-pyrrole nitrogens is 1. The predicted molar refractivity (Wildman–Crippen MR) is 76.1 cm³/mol. The first-order valence-electron chi connectivity index (χ1n) is 7.22. The molecule has 2 bridgehead atoms. The minimum absolute atomic E-state index is 0.319. The van der Waals surface area contributed by atoms with E-state index in [-0.39, 0.29) is 0 Å². The number of fused-ring (bicyclic) bond motifs is 6. The Morgan fingerprint density at radius 1 is 1.32 bits per heavy atom. The van der Waals surface area contributed by atoms with Crippen molar-refractivity contribution in [3.63, 3.8) is 0 Å². The first-order chi connectivity index (χ1) is 9.29. The van der Waals surface area contributed by atoms with Gasteiger partial charge in [0.25, 0.3) is 0 Å². The average Bonchev–Trinajstić information content (AvgIpc) is 2.78. The summed E-state index contributed by atoms with van der Waals surface area (Å²) in [5, 5.41) is 11.0. The number of piperidine rings is 1. The van der Waals surface area contributed by atoms with Crippen LogP contribution in [0.2, 0.25) is 0 Å². The highest BCUT2D eigenvalue weighted by Crippen LogP contribution is 2.44. The molecule has 1 fully saturated rings. The van der Waals surface area contributed by atoms with Crippen molar-refractivity contribution in [2.45, 2.75) is 31.3 Å². The van der Waals surface area contributed by atoms with Crippen LogP contribution in [-0.2, 0) is 6.42 Å². The summed E-state index contributed by atoms with van der Waals surface area (Å²) in [4.78, 5) is 6.10. The molecule has 0 unspecified atom stereocenters. The van der Waals surface area contributed by atoms with Gasteiger partial charge in [0.15, 0.2) is 0 Å². The molecule has 3 atom stereocenters. The van der Waals surface area contributed by atoms with Crippen LogP contribution >= 0.6 is 0 Å². The van der Waals surface area contributed by atoms with Gasteiger partial charge in [-0.15, -0.1) is 0 Å². The molecule has 1 aromatic carbocycles. The van der Waals surface area contributed by atoms with Crippen molar-refractivity contribution in [1.82, 2.24) is 9.88 Å². The van der Waals surface area contributed by atoms with Gasteiger partial charge in [-0.05, 0) is 43.9 Å². The molecule has 0 amide bonds. The van der Waals surface area contributed by atoms with Crippen LogP contribution in [0.25, 0.3) is 10.9 Å². The maximum Gasteiger partial charge on any atom is 0.0501 e. The maximum absolute atomic E-state index is 9.60. The van der Waals surface area contributed by atoms with Gasteiger partial charge in [-0.25, -0.2) is 0 Å². The zero-order chi connectivity index (χ0) is 13.0. The van der Waals surface area contributed by atoms with E-state index in [1.165, 1.54) is 22.2 Å². The molecule has 0 spiro atoms. The molecule has 2 aromatic rings. The van der Waals surface area contributed by atoms with Crippen LogP contribution in [0.15, 0.2) is 24.3 Å². The highest BCUT2D eigenvalue weighted by Gasteiger charge is 2.41. The Kier molecular flexibility index (Phi) is 2.47. The van der Waals surface area contributed by atoms with E-state index < -0.39 is 0 Å². The number of aromatic nitrogens is 1. The molecule has 4 rings (SSSR count). The summed E-state index contributed by atoms with van der Waals surface area (Å²) in [6.45, 7) is 0.319. The fraction of sp³-hybridized carbons (Fsp3) is 0.500. The molecule has 0 saturated carbocycles. The quantitative estimate of drug-likeness (QED) is 0.822. The Balaban J connectivity index is 1.88. The molecule has 1 aromatic heterocycles. The molecule has 0 radical (unpaired) electrons. The first kappa shape index (κ1) is 11.5. The molecule has 3 heteroatoms. The van der Waals surface area contributed by atoms with Gasteiger partial charge < -0.3 is 10.1 Å². The zero-order valence-corrected chi connectivity index (χ0v) is 11.3. The molecule has 0 aliphatic carbocycles. The number of hydrogen-bond acceptors (Lipinski definition) is 2. The Hall–Kier alpha value is -1.32. The summed E-state index contributed by atoms with van der Waals surface area (Å²) < 4.78 is 0. The number of benzene rings is 1. The molecule has 1 saturated heterocycles. The predicted octanol–water partition coefficient (Wildman–Crippen LogP) is 2.47. The van der Waals surface area contributed by atoms with E-state index in [9.17, 15) is 5.11 Å². The van der Waals surface area contributed by atoms with Crippen molar-refractivity contribution >= 4 is 10.9 Å². The molecular formula is C16H20N2O. The normalized spacial score (nSPS) is 30.5. The molecular weight excluding hydrogens is 236 g/mol. The van der Waals surface area contributed by atoms with Crippen LogP contribution < -0.4 is 0 Å². The number of likely N-dealkylation sites (N-methyl/N-ethyl adjacent to an activating group) is 1. The molecule has 100 valence electrons. The number of aromatic amines is 1. The second-order valence-electron chi connectivity index (χ2n) is 6.04. The number of aliphatic hydroxyl groups excluding tert-OH is 1. The van der Waals surface area contributed by atoms with Crippen LogP contribution in [0.4, 0.5) is 0 Å². The molecule has 2 aliphatic rings. The summed E-state index contributed by atoms with van der Waals surface area (Å²) in [7, 11) is 2.21. The van der Waals surface area contributed by atoms with Crippen LogP contribution in [0.3, 0.4) is 0 Å². The van der Waals surface area contributed by atoms with Gasteiger partial charge in [-0.3, -0.25) is 4.90 Å². The van der Waals surface area contributed by atoms with Gasteiger partial charge in [-0.2, -0.15) is 0 Å². The lowest BCUT2D eigenvalue weighted by Crippen LogP contribution is -2.50. The molecule has 19 heavy (non-hydrogen) atoms. The second kappa shape index (κ2) is 4.09. The van der Waals surface area contributed by atoms with Crippen molar-refractivity contribution in [2.75, 3.05) is 13.7 Å². The smallest absolute Gasteiger partial charge is 0.0501 e. The van der Waals surface area contributed by atoms with E-state index in [0.29, 0.717) is 24.6 Å². The highest BCUT2D eigenvalue weighted by molar-refractivity contribution is 5.85. The van der Waals surface area contributed by atoms with E-state index >= 15 is 0 Å². The van der Waals surface area contributed by atoms with E-state index in [4.69, 9.17) is 0 Å². The zero-order valence-electron chi connectivity index (χ0n) is 11.3. The average molecular weight is 256 g/mol. The standard InChI is InChI=1S/C16H20N2O/c1-18-14-7-6-10(9-19)15(18)8-12-11-4-2-3-5-13(11)17-16(12)14/h2-5,10,14-15,17,19H,6-9H2,1H3/t10-,14+,15+/m1/s1. The number of para-hydroxylation sites is 1. The minimum atomic E-state index is 0.319. The number of nitrogens with zero attached hydrogens (tertiary/aromatic N) is 1. The van der Waals surface area contributed by atoms with Gasteiger partial charge in [0.05, 0.1) is 6.04 Å². The minimum Gasteiger partial charge on any atom is -0.396 e. The fourth-order valence-electron chi connectivity index (χ4n) is 4.14. The highest BCUT2D eigenvalue weighted by atomic mass is 16.3. The third kappa shape index (κ3) is 1.52. The molecule has 2 N–H and O–H groups in total. The number of hydrogen-bond donors (Lipinski definition) is 2. The van der Waals surface area contributed by atoms with Crippen molar-refractivity contribution in [3.8, 4) is 0 Å². The fourth-order valence-corrected chi connectivity index (χ4v) is 4.14. The summed E-state index contributed by atoms with van der Waals surface area (Å²) in [5.41, 5.74) is 4.16. The Bertz CT molecular complexity index is 618. The van der Waals surface area contributed by atoms with Crippen molar-refractivity contribution in [2.24, 2.45) is 5.92 Å². The lowest BCUT2D eigenvalue weighted by atomic mass is 9.77. The first-order valence-corrected chi connectivity index (χ1v) is 7.22. The van der Waals surface area contributed by atoms with E-state index in [1.54, 1.807) is 0 Å². The number of aliphatic hydroxyl groups is 1. The lowest BCUT2D eigenvalue weighted by molar-refractivity contribution is 0.0224. The van der Waals surface area contributed by atoms with Crippen LogP contribution in [0.5, 0.6) is 0 Å². The van der Waals surface area contributed by atoms with Crippen LogP contribution in [-0.4, -0.2) is 34.7 Å². The Labute approximate surface area is 113 Å². The van der Waals surface area contributed by atoms with Gasteiger partial charge >= 0.3 is 0 Å². The summed E-state index contributed by atoms with van der Waals surface area (Å²) in [6.07, 6.45) is 3.36. The van der Waals surface area contributed by atoms with Gasteiger partial charge in [0.1, 0.15) is 0 Å². The summed E-state index contributed by atoms with van der Waals surface area (Å²) in [5.74, 6) is 0.433. The van der Waals surface area contributed by atoms with E-state index in [1.807, 2.05) is 0 Å². The summed E-state index contributed by atoms with van der Waals surface area (Å²) >= 11 is 0. The van der Waals surface area contributed by atoms with Crippen molar-refractivity contribution < 1.29 is 5.11 Å². The summed E-state index contributed by atoms with van der Waals surface area (Å²) in [6, 6.07) is 9.60. The number of nitrogens with one attached hydrogen (secondary N) is 1. The van der Waals surface area contributed by atoms with Gasteiger partial charge in [0, 0.05) is 29.2 Å². The lowest BCUT2D eigenvalue weighted by Gasteiger charge is -2.47. The Morgan fingerprint density at radius 2 is 2.16 bits per heavy atom. The molecule has 3 heterocycles. The monoisotopic (exact) mass is 256 g/mol. The van der Waals surface area contributed by atoms with Crippen LogP contribution in [0.1, 0.15) is 30.1 Å². The Morgan fingerprint density at radius 3 is 3.00 bits per heavy atom. The van der Waals surface area contributed by atoms with Crippen molar-refractivity contribution in [3.05, 3.63) is 35.5 Å². The second-order valence-corrected chi connectivity index (χ2v) is 6.04.